The summed E-state index contributed by atoms with van der Waals surface area (Å²) in [6, 6.07) is 1.72. The molecule has 15 heteroatoms. The predicted octanol–water partition coefficient (Wildman–Crippen LogP) is 2.64. The van der Waals surface area contributed by atoms with Gasteiger partial charge >= 0.3 is 0 Å². The third-order valence-corrected chi connectivity index (χ3v) is 8.01. The Labute approximate surface area is 222 Å². The van der Waals surface area contributed by atoms with Crippen molar-refractivity contribution in [2.45, 2.75) is 68.1 Å². The zero-order chi connectivity index (χ0) is 27.2. The minimum atomic E-state index is -2.59. The highest BCUT2D eigenvalue weighted by Gasteiger charge is 2.50. The summed E-state index contributed by atoms with van der Waals surface area (Å²) in [6.07, 6.45) is -2.49. The van der Waals surface area contributed by atoms with E-state index in [-0.39, 0.29) is 22.2 Å². The van der Waals surface area contributed by atoms with E-state index in [9.17, 15) is 27.8 Å². The van der Waals surface area contributed by atoms with E-state index in [1.54, 1.807) is 0 Å². The van der Waals surface area contributed by atoms with Crippen LogP contribution in [0.1, 0.15) is 31.0 Å². The molecule has 3 heterocycles. The smallest absolute Gasteiger partial charge is 0.263 e. The van der Waals surface area contributed by atoms with Gasteiger partial charge in [0.25, 0.3) is 6.43 Å². The van der Waals surface area contributed by atoms with Crippen molar-refractivity contribution >= 4 is 15.9 Å². The molecule has 0 bridgehead atoms. The lowest BCUT2D eigenvalue weighted by molar-refractivity contribution is -0.212. The number of aromatic nitrogens is 6. The number of methoxy groups -OCH3 is 1. The van der Waals surface area contributed by atoms with Crippen LogP contribution in [0.2, 0.25) is 0 Å². The molecule has 0 amide bonds. The summed E-state index contributed by atoms with van der Waals surface area (Å²) in [5.41, 5.74) is -1.13. The number of alkyl halides is 2. The van der Waals surface area contributed by atoms with Gasteiger partial charge in [0.2, 0.25) is 0 Å². The highest BCUT2D eigenvalue weighted by Crippen LogP contribution is 2.43. The van der Waals surface area contributed by atoms with Crippen LogP contribution in [-0.4, -0.2) is 84.8 Å². The molecule has 0 radical (unpaired) electrons. The normalized spacial score (nSPS) is 27.0. The van der Waals surface area contributed by atoms with E-state index in [4.69, 9.17) is 9.47 Å². The number of ether oxygens (including phenoxy) is 2. The van der Waals surface area contributed by atoms with Gasteiger partial charge in [-0.1, -0.05) is 10.4 Å². The summed E-state index contributed by atoms with van der Waals surface area (Å²) in [5, 5.41) is 36.8. The third kappa shape index (κ3) is 4.53. The second-order valence-electron chi connectivity index (χ2n) is 9.50. The van der Waals surface area contributed by atoms with Crippen molar-refractivity contribution in [2.24, 2.45) is 0 Å². The minimum absolute atomic E-state index is 0.0141. The summed E-state index contributed by atoms with van der Waals surface area (Å²) >= 11 is 2.93. The summed E-state index contributed by atoms with van der Waals surface area (Å²) < 4.78 is 70.0. The molecule has 2 N–H and O–H groups in total. The first-order chi connectivity index (χ1) is 18.2. The van der Waals surface area contributed by atoms with Gasteiger partial charge in [-0.2, -0.15) is 0 Å². The summed E-state index contributed by atoms with van der Waals surface area (Å²) in [6.45, 7) is -0.542. The number of aliphatic hydroxyl groups is 2. The van der Waals surface area contributed by atoms with Gasteiger partial charge in [0, 0.05) is 25.3 Å². The van der Waals surface area contributed by atoms with Crippen LogP contribution in [-0.2, 0) is 21.4 Å². The molecular weight excluding hydrogens is 580 g/mol. The fourth-order valence-corrected chi connectivity index (χ4v) is 5.41. The molecule has 1 saturated heterocycles. The first-order valence-corrected chi connectivity index (χ1v) is 12.7. The Morgan fingerprint density at radius 3 is 2.55 bits per heavy atom. The molecule has 5 rings (SSSR count). The lowest BCUT2D eigenvalue weighted by Crippen LogP contribution is -2.57. The van der Waals surface area contributed by atoms with Gasteiger partial charge in [-0.15, -0.1) is 10.2 Å². The number of hydrogen-bond donors (Lipinski definition) is 2. The van der Waals surface area contributed by atoms with Gasteiger partial charge in [0.15, 0.2) is 11.6 Å². The van der Waals surface area contributed by atoms with Gasteiger partial charge in [-0.05, 0) is 47.3 Å². The molecule has 3 aromatic rings. The van der Waals surface area contributed by atoms with Crippen LogP contribution >= 0.6 is 15.9 Å². The van der Waals surface area contributed by atoms with Crippen LogP contribution < -0.4 is 0 Å². The zero-order valence-corrected chi connectivity index (χ0v) is 21.7. The predicted molar refractivity (Wildman–Crippen MR) is 126 cm³/mol. The van der Waals surface area contributed by atoms with Crippen molar-refractivity contribution in [3.05, 3.63) is 46.3 Å². The highest BCUT2D eigenvalue weighted by molar-refractivity contribution is 9.10. The standard InChI is InChI=1S/C23H25BrF4N6O4/c1-37-21-15(7-11-8-34(32-29-11)23(22(27)28)5-2-6-23)38-16(10-35)20(36)19(21)33-9-14(30-31-33)12-3-4-13(24)18(26)17(12)25/h3-4,8-9,15-16,19-22,35-36H,2,5-7,10H2,1H3/t15-,16-,19+,20+,21+/m1/s1. The molecule has 1 aliphatic carbocycles. The second-order valence-corrected chi connectivity index (χ2v) is 10.4. The highest BCUT2D eigenvalue weighted by atomic mass is 79.9. The largest absolute Gasteiger partial charge is 0.394 e. The summed E-state index contributed by atoms with van der Waals surface area (Å²) in [5.74, 6) is -2.20. The third-order valence-electron chi connectivity index (χ3n) is 7.40. The lowest BCUT2D eigenvalue weighted by atomic mass is 9.77. The number of hydrogen-bond acceptors (Lipinski definition) is 8. The first kappa shape index (κ1) is 27.1. The summed E-state index contributed by atoms with van der Waals surface area (Å²) in [7, 11) is 1.39. The molecular formula is C23H25BrF4N6O4. The van der Waals surface area contributed by atoms with E-state index in [0.29, 0.717) is 25.0 Å². The van der Waals surface area contributed by atoms with Gasteiger partial charge in [-0.3, -0.25) is 0 Å². The van der Waals surface area contributed by atoms with Crippen LogP contribution in [0.5, 0.6) is 0 Å². The maximum atomic E-state index is 14.5. The molecule has 1 aromatic carbocycles. The summed E-state index contributed by atoms with van der Waals surface area (Å²) in [4.78, 5) is 0. The molecule has 2 fully saturated rings. The zero-order valence-electron chi connectivity index (χ0n) is 20.1. The average molecular weight is 605 g/mol. The molecule has 0 unspecified atom stereocenters. The Bertz CT molecular complexity index is 1290. The van der Waals surface area contributed by atoms with Crippen molar-refractivity contribution in [3.8, 4) is 11.3 Å². The number of benzene rings is 1. The van der Waals surface area contributed by atoms with Crippen LogP contribution in [0.3, 0.4) is 0 Å². The Balaban J connectivity index is 1.43. The number of aliphatic hydroxyl groups excluding tert-OH is 2. The SMILES string of the molecule is CO[C@@H]1[C@@H](n2cc(-c3ccc(Br)c(F)c3F)nn2)[C@@H](O)[C@@H](CO)O[C@@H]1Cc1cn(C2(C(F)F)CCC2)nn1. The molecule has 5 atom stereocenters. The Hall–Kier alpha value is -2.46. The van der Waals surface area contributed by atoms with E-state index in [1.807, 2.05) is 0 Å². The van der Waals surface area contributed by atoms with E-state index >= 15 is 0 Å². The Morgan fingerprint density at radius 2 is 1.92 bits per heavy atom. The maximum absolute atomic E-state index is 14.5. The van der Waals surface area contributed by atoms with Crippen LogP contribution in [0.15, 0.2) is 29.0 Å². The van der Waals surface area contributed by atoms with Gasteiger partial charge < -0.3 is 19.7 Å². The lowest BCUT2D eigenvalue weighted by Gasteiger charge is -2.43. The van der Waals surface area contributed by atoms with Crippen molar-refractivity contribution in [1.82, 2.24) is 30.0 Å². The van der Waals surface area contributed by atoms with Crippen LogP contribution in [0.4, 0.5) is 17.6 Å². The van der Waals surface area contributed by atoms with Crippen LogP contribution in [0.25, 0.3) is 11.3 Å². The molecule has 0 spiro atoms. The monoisotopic (exact) mass is 604 g/mol. The first-order valence-electron chi connectivity index (χ1n) is 11.9. The quantitative estimate of drug-likeness (QED) is 0.297. The van der Waals surface area contributed by atoms with Crippen molar-refractivity contribution in [2.75, 3.05) is 13.7 Å². The fourth-order valence-electron chi connectivity index (χ4n) is 5.10. The average Bonchev–Trinajstić information content (AvgIpc) is 3.52. The van der Waals surface area contributed by atoms with Crippen molar-refractivity contribution in [3.63, 3.8) is 0 Å². The molecule has 206 valence electrons. The van der Waals surface area contributed by atoms with Gasteiger partial charge in [0.05, 0.1) is 29.1 Å². The molecule has 10 nitrogen and oxygen atoms in total. The molecule has 2 aromatic heterocycles. The molecule has 2 aliphatic rings. The van der Waals surface area contributed by atoms with E-state index < -0.39 is 60.7 Å². The van der Waals surface area contributed by atoms with E-state index in [2.05, 4.69) is 36.6 Å². The van der Waals surface area contributed by atoms with Crippen LogP contribution in [0, 0.1) is 11.6 Å². The van der Waals surface area contributed by atoms with Gasteiger partial charge in [-0.25, -0.2) is 26.9 Å². The minimum Gasteiger partial charge on any atom is -0.394 e. The number of rotatable bonds is 8. The van der Waals surface area contributed by atoms with Crippen molar-refractivity contribution < 1.29 is 37.2 Å². The number of nitrogens with zero attached hydrogens (tertiary/aromatic N) is 6. The number of halogens is 5. The Morgan fingerprint density at radius 1 is 1.16 bits per heavy atom. The topological polar surface area (TPSA) is 120 Å². The molecule has 38 heavy (non-hydrogen) atoms. The molecule has 1 aliphatic heterocycles. The maximum Gasteiger partial charge on any atom is 0.263 e. The second kappa shape index (κ2) is 10.6. The van der Waals surface area contributed by atoms with E-state index in [0.717, 1.165) is 0 Å². The molecule has 1 saturated carbocycles. The van der Waals surface area contributed by atoms with Gasteiger partial charge in [0.1, 0.15) is 35.6 Å². The van der Waals surface area contributed by atoms with Crippen molar-refractivity contribution in [1.29, 1.82) is 0 Å². The Kier molecular flexibility index (Phi) is 7.57. The fraction of sp³-hybridized carbons (Fsp3) is 0.565. The van der Waals surface area contributed by atoms with E-state index in [1.165, 1.54) is 41.0 Å².